The van der Waals surface area contributed by atoms with Crippen molar-refractivity contribution in [3.63, 3.8) is 0 Å². The molecule has 4 heteroatoms. The van der Waals surface area contributed by atoms with Crippen LogP contribution in [0.25, 0.3) is 0 Å². The molecule has 1 N–H and O–H groups in total. The van der Waals surface area contributed by atoms with Crippen LogP contribution >= 0.6 is 0 Å². The third-order valence-corrected chi connectivity index (χ3v) is 3.13. The minimum Gasteiger partial charge on any atom is -0.490 e. The molecule has 0 saturated heterocycles. The predicted octanol–water partition coefficient (Wildman–Crippen LogP) is 3.16. The summed E-state index contributed by atoms with van der Waals surface area (Å²) in [4.78, 5) is 3.98. The highest BCUT2D eigenvalue weighted by Crippen LogP contribution is 2.31. The van der Waals surface area contributed by atoms with Crippen LogP contribution in [0.4, 0.5) is 0 Å². The molecule has 2 aromatic rings. The number of pyridine rings is 1. The Hall–Kier alpha value is -2.07. The molecule has 1 aromatic carbocycles. The summed E-state index contributed by atoms with van der Waals surface area (Å²) in [5.74, 6) is 1.38. The van der Waals surface area contributed by atoms with E-state index in [1.165, 1.54) is 0 Å². The lowest BCUT2D eigenvalue weighted by molar-refractivity contribution is 0.177. The zero-order valence-electron chi connectivity index (χ0n) is 12.5. The average molecular weight is 287 g/mol. The summed E-state index contributed by atoms with van der Waals surface area (Å²) in [5.41, 5.74) is 1.86. The Morgan fingerprint density at radius 2 is 1.67 bits per heavy atom. The largest absolute Gasteiger partial charge is 0.490 e. The van der Waals surface area contributed by atoms with E-state index in [1.807, 2.05) is 44.2 Å². The van der Waals surface area contributed by atoms with Gasteiger partial charge in [-0.05, 0) is 49.2 Å². The van der Waals surface area contributed by atoms with E-state index in [-0.39, 0.29) is 0 Å². The summed E-state index contributed by atoms with van der Waals surface area (Å²) in [5, 5.41) is 10.4. The van der Waals surface area contributed by atoms with E-state index in [0.29, 0.717) is 31.1 Å². The molecule has 0 aliphatic heterocycles. The topological polar surface area (TPSA) is 51.6 Å². The molecule has 112 valence electrons. The number of nitrogens with zero attached hydrogens (tertiary/aromatic N) is 1. The lowest BCUT2D eigenvalue weighted by Gasteiger charge is -2.15. The molecular weight excluding hydrogens is 266 g/mol. The summed E-state index contributed by atoms with van der Waals surface area (Å²) >= 11 is 0. The van der Waals surface area contributed by atoms with Crippen molar-refractivity contribution in [2.75, 3.05) is 13.2 Å². The van der Waals surface area contributed by atoms with E-state index < -0.39 is 6.10 Å². The van der Waals surface area contributed by atoms with Crippen LogP contribution in [0, 0.1) is 0 Å². The quantitative estimate of drug-likeness (QED) is 0.850. The van der Waals surface area contributed by atoms with Gasteiger partial charge in [-0.25, -0.2) is 0 Å². The fourth-order valence-corrected chi connectivity index (χ4v) is 2.13. The van der Waals surface area contributed by atoms with Gasteiger partial charge in [-0.1, -0.05) is 6.07 Å². The Balaban J connectivity index is 2.17. The van der Waals surface area contributed by atoms with Gasteiger partial charge < -0.3 is 14.6 Å². The van der Waals surface area contributed by atoms with Crippen LogP contribution in [0.15, 0.2) is 42.7 Å². The molecule has 0 bridgehead atoms. The second-order valence-corrected chi connectivity index (χ2v) is 4.65. The molecule has 1 heterocycles. The molecule has 21 heavy (non-hydrogen) atoms. The van der Waals surface area contributed by atoms with Gasteiger partial charge in [-0.15, -0.1) is 0 Å². The molecule has 0 spiro atoms. The molecule has 0 aliphatic rings. The van der Waals surface area contributed by atoms with Crippen LogP contribution in [-0.4, -0.2) is 23.3 Å². The van der Waals surface area contributed by atoms with Crippen LogP contribution in [0.5, 0.6) is 11.5 Å². The number of hydrogen-bond donors (Lipinski definition) is 1. The van der Waals surface area contributed by atoms with Crippen molar-refractivity contribution in [1.29, 1.82) is 0 Å². The Labute approximate surface area is 125 Å². The third kappa shape index (κ3) is 4.20. The molecule has 1 aromatic heterocycles. The average Bonchev–Trinajstić information content (AvgIpc) is 2.50. The maximum atomic E-state index is 10.4. The molecule has 0 saturated carbocycles. The highest BCUT2D eigenvalue weighted by Gasteiger charge is 2.13. The highest BCUT2D eigenvalue weighted by molar-refractivity contribution is 5.44. The second kappa shape index (κ2) is 7.64. The summed E-state index contributed by atoms with van der Waals surface area (Å²) in [7, 11) is 0. The van der Waals surface area contributed by atoms with Gasteiger partial charge in [0.1, 0.15) is 0 Å². The van der Waals surface area contributed by atoms with E-state index in [1.54, 1.807) is 12.4 Å². The van der Waals surface area contributed by atoms with Gasteiger partial charge in [0.2, 0.25) is 0 Å². The van der Waals surface area contributed by atoms with E-state index >= 15 is 0 Å². The summed E-state index contributed by atoms with van der Waals surface area (Å²) in [6, 6.07) is 9.38. The molecule has 1 unspecified atom stereocenters. The zero-order chi connectivity index (χ0) is 15.1. The third-order valence-electron chi connectivity index (χ3n) is 3.13. The normalized spacial score (nSPS) is 12.0. The minimum absolute atomic E-state index is 0.544. The summed E-state index contributed by atoms with van der Waals surface area (Å²) < 4.78 is 11.1. The monoisotopic (exact) mass is 287 g/mol. The van der Waals surface area contributed by atoms with Crippen molar-refractivity contribution in [3.8, 4) is 11.5 Å². The van der Waals surface area contributed by atoms with Crippen molar-refractivity contribution in [3.05, 3.63) is 53.9 Å². The SMILES string of the molecule is CCOc1ccc(C(O)Cc2ccncc2)cc1OCC. The first-order chi connectivity index (χ1) is 10.2. The van der Waals surface area contributed by atoms with E-state index in [4.69, 9.17) is 9.47 Å². The van der Waals surface area contributed by atoms with E-state index in [0.717, 1.165) is 11.1 Å². The molecule has 0 fully saturated rings. The van der Waals surface area contributed by atoms with Gasteiger partial charge in [0.05, 0.1) is 19.3 Å². The predicted molar refractivity (Wildman–Crippen MR) is 81.7 cm³/mol. The van der Waals surface area contributed by atoms with Crippen LogP contribution in [-0.2, 0) is 6.42 Å². The van der Waals surface area contributed by atoms with Crippen LogP contribution < -0.4 is 9.47 Å². The van der Waals surface area contributed by atoms with Crippen LogP contribution in [0.1, 0.15) is 31.1 Å². The lowest BCUT2D eigenvalue weighted by atomic mass is 10.0. The first-order valence-corrected chi connectivity index (χ1v) is 7.21. The van der Waals surface area contributed by atoms with Gasteiger partial charge >= 0.3 is 0 Å². The van der Waals surface area contributed by atoms with Crippen molar-refractivity contribution in [2.24, 2.45) is 0 Å². The Bertz CT molecular complexity index is 557. The number of aliphatic hydroxyl groups excluding tert-OH is 1. The van der Waals surface area contributed by atoms with Gasteiger partial charge in [-0.3, -0.25) is 4.98 Å². The highest BCUT2D eigenvalue weighted by atomic mass is 16.5. The minimum atomic E-state index is -0.581. The van der Waals surface area contributed by atoms with E-state index in [2.05, 4.69) is 4.98 Å². The number of aliphatic hydroxyl groups is 1. The number of hydrogen-bond acceptors (Lipinski definition) is 4. The molecule has 4 nitrogen and oxygen atoms in total. The number of benzene rings is 1. The molecule has 0 aliphatic carbocycles. The van der Waals surface area contributed by atoms with Crippen LogP contribution in [0.2, 0.25) is 0 Å². The fraction of sp³-hybridized carbons (Fsp3) is 0.353. The molecule has 2 rings (SSSR count). The van der Waals surface area contributed by atoms with Gasteiger partial charge in [-0.2, -0.15) is 0 Å². The molecule has 0 amide bonds. The van der Waals surface area contributed by atoms with Crippen molar-refractivity contribution in [1.82, 2.24) is 4.98 Å². The van der Waals surface area contributed by atoms with Crippen molar-refractivity contribution in [2.45, 2.75) is 26.4 Å². The first kappa shape index (κ1) is 15.3. The van der Waals surface area contributed by atoms with Gasteiger partial charge in [0, 0.05) is 18.8 Å². The number of ether oxygens (including phenoxy) is 2. The second-order valence-electron chi connectivity index (χ2n) is 4.65. The molecule has 1 atom stereocenters. The summed E-state index contributed by atoms with van der Waals surface area (Å²) in [6.07, 6.45) is 3.42. The van der Waals surface area contributed by atoms with Crippen molar-refractivity contribution >= 4 is 0 Å². The Morgan fingerprint density at radius 3 is 2.33 bits per heavy atom. The smallest absolute Gasteiger partial charge is 0.161 e. The molecular formula is C17H21NO3. The van der Waals surface area contributed by atoms with Crippen LogP contribution in [0.3, 0.4) is 0 Å². The lowest BCUT2D eigenvalue weighted by Crippen LogP contribution is -2.04. The number of rotatable bonds is 7. The Morgan fingerprint density at radius 1 is 1.00 bits per heavy atom. The molecule has 0 radical (unpaired) electrons. The Kier molecular flexibility index (Phi) is 5.58. The van der Waals surface area contributed by atoms with Gasteiger partial charge in [0.25, 0.3) is 0 Å². The van der Waals surface area contributed by atoms with Gasteiger partial charge in [0.15, 0.2) is 11.5 Å². The standard InChI is InChI=1S/C17H21NO3/c1-3-20-16-6-5-14(12-17(16)21-4-2)15(19)11-13-7-9-18-10-8-13/h5-10,12,15,19H,3-4,11H2,1-2H3. The number of aromatic nitrogens is 1. The van der Waals surface area contributed by atoms with Crippen molar-refractivity contribution < 1.29 is 14.6 Å². The maximum absolute atomic E-state index is 10.4. The summed E-state index contributed by atoms with van der Waals surface area (Å²) in [6.45, 7) is 5.00. The fourth-order valence-electron chi connectivity index (χ4n) is 2.13. The first-order valence-electron chi connectivity index (χ1n) is 7.21. The zero-order valence-corrected chi connectivity index (χ0v) is 12.5. The van der Waals surface area contributed by atoms with E-state index in [9.17, 15) is 5.11 Å². The maximum Gasteiger partial charge on any atom is 0.161 e.